The molecule has 0 aliphatic carbocycles. The number of carbonyl (C=O) groups excluding carboxylic acids is 1. The number of piperidine rings is 1. The lowest BCUT2D eigenvalue weighted by atomic mass is 10.1. The predicted molar refractivity (Wildman–Crippen MR) is 72.8 cm³/mol. The van der Waals surface area contributed by atoms with Gasteiger partial charge in [0, 0.05) is 24.7 Å². The minimum atomic E-state index is -0.626. The SMILES string of the molecule is O=C(c1cnc2c(F)ccc(F)c2c1)N1CCCC(O)C1. The molecule has 4 nitrogen and oxygen atoms in total. The number of carbonyl (C=O) groups is 1. The number of β-amino-alcohol motifs (C(OH)–C–C–N with tert-alkyl or cyclic N) is 1. The number of hydrogen-bond acceptors (Lipinski definition) is 3. The summed E-state index contributed by atoms with van der Waals surface area (Å²) in [7, 11) is 0. The van der Waals surface area contributed by atoms with Gasteiger partial charge in [-0.3, -0.25) is 9.78 Å². The Morgan fingerprint density at radius 2 is 2.10 bits per heavy atom. The van der Waals surface area contributed by atoms with Crippen molar-refractivity contribution in [1.82, 2.24) is 9.88 Å². The van der Waals surface area contributed by atoms with E-state index in [-0.39, 0.29) is 28.9 Å². The summed E-state index contributed by atoms with van der Waals surface area (Å²) in [5.74, 6) is -1.57. The van der Waals surface area contributed by atoms with Gasteiger partial charge in [-0.15, -0.1) is 0 Å². The molecule has 0 radical (unpaired) electrons. The van der Waals surface area contributed by atoms with Gasteiger partial charge in [-0.05, 0) is 31.0 Å². The first-order valence-corrected chi connectivity index (χ1v) is 6.77. The standard InChI is InChI=1S/C15H14F2N2O2/c16-12-3-4-13(17)14-11(12)6-9(7-18-14)15(21)19-5-1-2-10(20)8-19/h3-4,6-7,10,20H,1-2,5,8H2. The number of amides is 1. The molecule has 1 unspecified atom stereocenters. The molecule has 1 aliphatic rings. The van der Waals surface area contributed by atoms with Crippen molar-refractivity contribution in [2.75, 3.05) is 13.1 Å². The van der Waals surface area contributed by atoms with Gasteiger partial charge in [-0.2, -0.15) is 0 Å². The van der Waals surface area contributed by atoms with E-state index in [0.717, 1.165) is 18.6 Å². The van der Waals surface area contributed by atoms with E-state index in [4.69, 9.17) is 0 Å². The van der Waals surface area contributed by atoms with Crippen molar-refractivity contribution in [3.8, 4) is 0 Å². The Labute approximate surface area is 120 Å². The van der Waals surface area contributed by atoms with Gasteiger partial charge in [0.1, 0.15) is 17.2 Å². The second kappa shape index (κ2) is 5.37. The van der Waals surface area contributed by atoms with Crippen LogP contribution in [0.2, 0.25) is 0 Å². The molecule has 0 bridgehead atoms. The van der Waals surface area contributed by atoms with Crippen molar-refractivity contribution < 1.29 is 18.7 Å². The van der Waals surface area contributed by atoms with Gasteiger partial charge < -0.3 is 10.0 Å². The highest BCUT2D eigenvalue weighted by molar-refractivity contribution is 5.97. The largest absolute Gasteiger partial charge is 0.391 e. The summed E-state index contributed by atoms with van der Waals surface area (Å²) >= 11 is 0. The fraction of sp³-hybridized carbons (Fsp3) is 0.333. The second-order valence-electron chi connectivity index (χ2n) is 5.20. The number of aliphatic hydroxyl groups is 1. The average Bonchev–Trinajstić information content (AvgIpc) is 2.50. The summed E-state index contributed by atoms with van der Waals surface area (Å²) < 4.78 is 27.3. The monoisotopic (exact) mass is 292 g/mol. The molecule has 1 aromatic heterocycles. The van der Waals surface area contributed by atoms with Crippen LogP contribution in [0, 0.1) is 11.6 Å². The molecular weight excluding hydrogens is 278 g/mol. The van der Waals surface area contributed by atoms with E-state index in [9.17, 15) is 18.7 Å². The van der Waals surface area contributed by atoms with Crippen molar-refractivity contribution in [3.63, 3.8) is 0 Å². The molecule has 3 rings (SSSR count). The zero-order chi connectivity index (χ0) is 15.0. The Morgan fingerprint density at radius 3 is 2.86 bits per heavy atom. The van der Waals surface area contributed by atoms with Crippen molar-refractivity contribution in [1.29, 1.82) is 0 Å². The highest BCUT2D eigenvalue weighted by Crippen LogP contribution is 2.21. The zero-order valence-electron chi connectivity index (χ0n) is 11.2. The number of rotatable bonds is 1. The Bertz CT molecular complexity index is 705. The third kappa shape index (κ3) is 2.58. The molecule has 1 aromatic carbocycles. The molecule has 0 spiro atoms. The van der Waals surface area contributed by atoms with Crippen molar-refractivity contribution in [2.24, 2.45) is 0 Å². The molecule has 1 amide bonds. The number of hydrogen-bond donors (Lipinski definition) is 1. The van der Waals surface area contributed by atoms with Crippen LogP contribution in [-0.4, -0.2) is 40.1 Å². The topological polar surface area (TPSA) is 53.4 Å². The van der Waals surface area contributed by atoms with Gasteiger partial charge in [0.2, 0.25) is 0 Å². The van der Waals surface area contributed by atoms with Crippen LogP contribution in [0.4, 0.5) is 8.78 Å². The van der Waals surface area contributed by atoms with Gasteiger partial charge in [-0.25, -0.2) is 8.78 Å². The Morgan fingerprint density at radius 1 is 1.33 bits per heavy atom. The van der Waals surface area contributed by atoms with E-state index >= 15 is 0 Å². The van der Waals surface area contributed by atoms with Gasteiger partial charge in [0.25, 0.3) is 5.91 Å². The van der Waals surface area contributed by atoms with Crippen molar-refractivity contribution in [3.05, 3.63) is 41.6 Å². The molecule has 21 heavy (non-hydrogen) atoms. The first-order chi connectivity index (χ1) is 10.1. The maximum absolute atomic E-state index is 13.7. The normalized spacial score (nSPS) is 19.0. The molecule has 1 atom stereocenters. The van der Waals surface area contributed by atoms with Crippen LogP contribution in [0.15, 0.2) is 24.4 Å². The molecule has 1 N–H and O–H groups in total. The van der Waals surface area contributed by atoms with Gasteiger partial charge >= 0.3 is 0 Å². The number of fused-ring (bicyclic) bond motifs is 1. The Hall–Kier alpha value is -2.08. The second-order valence-corrected chi connectivity index (χ2v) is 5.20. The van der Waals surface area contributed by atoms with Crippen molar-refractivity contribution in [2.45, 2.75) is 18.9 Å². The van der Waals surface area contributed by atoms with E-state index in [1.807, 2.05) is 0 Å². The molecule has 6 heteroatoms. The number of aliphatic hydroxyl groups excluding tert-OH is 1. The first-order valence-electron chi connectivity index (χ1n) is 6.77. The molecule has 2 heterocycles. The molecule has 110 valence electrons. The molecule has 1 aliphatic heterocycles. The summed E-state index contributed by atoms with van der Waals surface area (Å²) in [5.41, 5.74) is 0.103. The van der Waals surface area contributed by atoms with E-state index in [1.165, 1.54) is 17.2 Å². The van der Waals surface area contributed by atoms with Crippen LogP contribution in [0.25, 0.3) is 10.9 Å². The van der Waals surface area contributed by atoms with Crippen LogP contribution in [0.5, 0.6) is 0 Å². The highest BCUT2D eigenvalue weighted by atomic mass is 19.1. The summed E-state index contributed by atoms with van der Waals surface area (Å²) in [6, 6.07) is 3.33. The lowest BCUT2D eigenvalue weighted by Gasteiger charge is -2.30. The summed E-state index contributed by atoms with van der Waals surface area (Å²) in [6.07, 6.45) is 2.09. The fourth-order valence-corrected chi connectivity index (χ4v) is 2.59. The molecule has 0 saturated carbocycles. The summed E-state index contributed by atoms with van der Waals surface area (Å²) in [5, 5.41) is 9.59. The third-order valence-electron chi connectivity index (χ3n) is 3.68. The average molecular weight is 292 g/mol. The Balaban J connectivity index is 1.97. The molecule has 1 saturated heterocycles. The predicted octanol–water partition coefficient (Wildman–Crippen LogP) is 2.11. The fourth-order valence-electron chi connectivity index (χ4n) is 2.59. The van der Waals surface area contributed by atoms with Crippen LogP contribution in [0.1, 0.15) is 23.2 Å². The summed E-state index contributed by atoms with van der Waals surface area (Å²) in [4.78, 5) is 17.7. The zero-order valence-corrected chi connectivity index (χ0v) is 11.2. The quantitative estimate of drug-likeness (QED) is 0.876. The number of nitrogens with zero attached hydrogens (tertiary/aromatic N) is 2. The van der Waals surface area contributed by atoms with Gasteiger partial charge in [-0.1, -0.05) is 0 Å². The van der Waals surface area contributed by atoms with Crippen LogP contribution in [-0.2, 0) is 0 Å². The van der Waals surface area contributed by atoms with Crippen molar-refractivity contribution >= 4 is 16.8 Å². The third-order valence-corrected chi connectivity index (χ3v) is 3.68. The van der Waals surface area contributed by atoms with E-state index < -0.39 is 17.7 Å². The lowest BCUT2D eigenvalue weighted by molar-refractivity contribution is 0.0473. The number of likely N-dealkylation sites (tertiary alicyclic amines) is 1. The molecular formula is C15H14F2N2O2. The molecule has 1 fully saturated rings. The van der Waals surface area contributed by atoms with Crippen LogP contribution in [0.3, 0.4) is 0 Å². The first kappa shape index (κ1) is 13.9. The maximum Gasteiger partial charge on any atom is 0.255 e. The van der Waals surface area contributed by atoms with E-state index in [2.05, 4.69) is 4.98 Å². The highest BCUT2D eigenvalue weighted by Gasteiger charge is 2.23. The van der Waals surface area contributed by atoms with E-state index in [0.29, 0.717) is 13.0 Å². The van der Waals surface area contributed by atoms with Crippen LogP contribution < -0.4 is 0 Å². The smallest absolute Gasteiger partial charge is 0.255 e. The molecule has 2 aromatic rings. The van der Waals surface area contributed by atoms with Gasteiger partial charge in [0.15, 0.2) is 0 Å². The Kier molecular flexibility index (Phi) is 3.55. The lowest BCUT2D eigenvalue weighted by Crippen LogP contribution is -2.42. The van der Waals surface area contributed by atoms with Crippen LogP contribution >= 0.6 is 0 Å². The maximum atomic E-state index is 13.7. The number of halogens is 2. The minimum Gasteiger partial charge on any atom is -0.391 e. The number of pyridine rings is 1. The van der Waals surface area contributed by atoms with Gasteiger partial charge in [0.05, 0.1) is 11.7 Å². The summed E-state index contributed by atoms with van der Waals surface area (Å²) in [6.45, 7) is 0.794. The van der Waals surface area contributed by atoms with E-state index in [1.54, 1.807) is 0 Å². The number of aromatic nitrogens is 1. The number of benzene rings is 1. The minimum absolute atomic E-state index is 0.0154.